The molecule has 1 aliphatic rings. The second kappa shape index (κ2) is 10.5. The lowest BCUT2D eigenvalue weighted by atomic mass is 9.97. The Morgan fingerprint density at radius 3 is 2.42 bits per heavy atom. The number of methoxy groups -OCH3 is 2. The maximum absolute atomic E-state index is 14.0. The zero-order valence-electron chi connectivity index (χ0n) is 19.9. The fourth-order valence-corrected chi connectivity index (χ4v) is 5.45. The van der Waals surface area contributed by atoms with E-state index in [2.05, 4.69) is 15.7 Å². The van der Waals surface area contributed by atoms with Crippen LogP contribution in [-0.2, 0) is 9.47 Å². The van der Waals surface area contributed by atoms with Crippen LogP contribution in [0.2, 0.25) is 10.0 Å². The molecule has 1 aromatic carbocycles. The van der Waals surface area contributed by atoms with Crippen LogP contribution in [0.3, 0.4) is 0 Å². The zero-order chi connectivity index (χ0) is 27.9. The van der Waals surface area contributed by atoms with Crippen molar-refractivity contribution in [3.8, 4) is 0 Å². The van der Waals surface area contributed by atoms with Crippen molar-refractivity contribution in [2.75, 3.05) is 24.9 Å². The number of halogens is 5. The minimum Gasteiger partial charge on any atom is -0.465 e. The summed E-state index contributed by atoms with van der Waals surface area (Å²) in [6, 6.07) is 2.84. The molecule has 38 heavy (non-hydrogen) atoms. The first-order chi connectivity index (χ1) is 17.8. The van der Waals surface area contributed by atoms with Crippen molar-refractivity contribution in [3.05, 3.63) is 61.6 Å². The number of thiophene rings is 1. The number of nitrogens with zero attached hydrogens (tertiary/aromatic N) is 2. The van der Waals surface area contributed by atoms with Gasteiger partial charge in [-0.25, -0.2) is 14.3 Å². The molecule has 3 aromatic rings. The van der Waals surface area contributed by atoms with Crippen molar-refractivity contribution in [3.63, 3.8) is 0 Å². The van der Waals surface area contributed by atoms with Crippen LogP contribution >= 0.6 is 34.5 Å². The molecule has 3 heterocycles. The highest BCUT2D eigenvalue weighted by molar-refractivity contribution is 7.18. The van der Waals surface area contributed by atoms with E-state index in [0.29, 0.717) is 10.2 Å². The minimum atomic E-state index is -4.68. The van der Waals surface area contributed by atoms with Gasteiger partial charge in [-0.05, 0) is 30.2 Å². The number of benzene rings is 1. The topological polar surface area (TPSA) is 112 Å². The second-order valence-electron chi connectivity index (χ2n) is 8.22. The number of amides is 1. The standard InChI is InChI=1S/C23H19Cl2F3N4O5S/c1-9-17(21(34)36-2)20(38-18(9)22(35)37-3)30-19(33)14-8-16-29-13(10-4-5-11(24)12(25)6-10)7-15(23(26,27)28)32(16)31-14/h4-6,8,13,15,29H,7H2,1-3H3,(H,30,33)/t13-,15-/m0/s1. The number of hydrogen-bond donors (Lipinski definition) is 2. The quantitative estimate of drug-likeness (QED) is 0.348. The van der Waals surface area contributed by atoms with Gasteiger partial charge < -0.3 is 20.1 Å². The SMILES string of the molecule is COC(=O)c1sc(NC(=O)c2cc3n(n2)[C@H](C(F)(F)F)C[C@@H](c2ccc(Cl)c(Cl)c2)N3)c(C(=O)OC)c1C. The molecule has 0 spiro atoms. The Hall–Kier alpha value is -3.29. The van der Waals surface area contributed by atoms with E-state index in [0.717, 1.165) is 31.6 Å². The van der Waals surface area contributed by atoms with Crippen LogP contribution in [-0.4, -0.2) is 48.0 Å². The number of alkyl halides is 3. The lowest BCUT2D eigenvalue weighted by molar-refractivity contribution is -0.173. The molecular weight excluding hydrogens is 572 g/mol. The summed E-state index contributed by atoms with van der Waals surface area (Å²) in [5.41, 5.74) is 0.259. The molecule has 15 heteroatoms. The Morgan fingerprint density at radius 1 is 1.13 bits per heavy atom. The summed E-state index contributed by atoms with van der Waals surface area (Å²) in [6.45, 7) is 1.47. The number of fused-ring (bicyclic) bond motifs is 1. The number of ether oxygens (including phenoxy) is 2. The summed E-state index contributed by atoms with van der Waals surface area (Å²) in [6.07, 6.45) is -5.10. The molecule has 2 N–H and O–H groups in total. The number of carbonyl (C=O) groups is 3. The highest BCUT2D eigenvalue weighted by atomic mass is 35.5. The number of aromatic nitrogens is 2. The fraction of sp³-hybridized carbons (Fsp3) is 0.304. The van der Waals surface area contributed by atoms with E-state index in [1.807, 2.05) is 0 Å². The van der Waals surface area contributed by atoms with Crippen molar-refractivity contribution in [1.82, 2.24) is 9.78 Å². The van der Waals surface area contributed by atoms with E-state index in [4.69, 9.17) is 32.7 Å². The van der Waals surface area contributed by atoms with Crippen LogP contribution < -0.4 is 10.6 Å². The summed E-state index contributed by atoms with van der Waals surface area (Å²) in [7, 11) is 2.28. The maximum Gasteiger partial charge on any atom is 0.410 e. The van der Waals surface area contributed by atoms with Crippen molar-refractivity contribution in [2.24, 2.45) is 0 Å². The minimum absolute atomic E-state index is 0.0419. The smallest absolute Gasteiger partial charge is 0.410 e. The van der Waals surface area contributed by atoms with Crippen LogP contribution in [0.1, 0.15) is 60.1 Å². The van der Waals surface area contributed by atoms with Crippen LogP contribution in [0.5, 0.6) is 0 Å². The summed E-state index contributed by atoms with van der Waals surface area (Å²) >= 11 is 12.8. The third kappa shape index (κ3) is 5.18. The van der Waals surface area contributed by atoms with Crippen molar-refractivity contribution in [2.45, 2.75) is 31.6 Å². The molecule has 0 saturated heterocycles. The third-order valence-electron chi connectivity index (χ3n) is 5.90. The van der Waals surface area contributed by atoms with Gasteiger partial charge in [0.25, 0.3) is 5.91 Å². The average molecular weight is 591 g/mol. The number of nitrogens with one attached hydrogen (secondary N) is 2. The van der Waals surface area contributed by atoms with E-state index in [-0.39, 0.29) is 42.6 Å². The molecule has 4 rings (SSSR count). The summed E-state index contributed by atoms with van der Waals surface area (Å²) in [5, 5.41) is 9.72. The molecule has 2 aromatic heterocycles. The van der Waals surface area contributed by atoms with Crippen LogP contribution in [0.15, 0.2) is 24.3 Å². The molecule has 2 atom stereocenters. The van der Waals surface area contributed by atoms with Gasteiger partial charge in [0.1, 0.15) is 15.7 Å². The van der Waals surface area contributed by atoms with Crippen molar-refractivity contribution in [1.29, 1.82) is 0 Å². The summed E-state index contributed by atoms with van der Waals surface area (Å²) in [4.78, 5) is 37.5. The first kappa shape index (κ1) is 27.7. The fourth-order valence-electron chi connectivity index (χ4n) is 4.04. The van der Waals surface area contributed by atoms with E-state index in [1.54, 1.807) is 6.07 Å². The lowest BCUT2D eigenvalue weighted by Gasteiger charge is -2.33. The summed E-state index contributed by atoms with van der Waals surface area (Å²) < 4.78 is 52.2. The molecule has 0 unspecified atom stereocenters. The number of esters is 2. The highest BCUT2D eigenvalue weighted by Crippen LogP contribution is 2.44. The Kier molecular flexibility index (Phi) is 7.64. The number of anilines is 2. The van der Waals surface area contributed by atoms with Gasteiger partial charge in [-0.15, -0.1) is 11.3 Å². The van der Waals surface area contributed by atoms with E-state index in [1.165, 1.54) is 19.1 Å². The normalized spacial score (nSPS) is 16.8. The molecule has 0 fully saturated rings. The highest BCUT2D eigenvalue weighted by Gasteiger charge is 2.47. The van der Waals surface area contributed by atoms with Crippen LogP contribution in [0, 0.1) is 6.92 Å². The van der Waals surface area contributed by atoms with Crippen molar-refractivity contribution >= 4 is 63.2 Å². The van der Waals surface area contributed by atoms with Gasteiger partial charge in [0, 0.05) is 12.5 Å². The molecular formula is C23H19Cl2F3N4O5S. The van der Waals surface area contributed by atoms with Gasteiger partial charge in [-0.1, -0.05) is 29.3 Å². The third-order valence-corrected chi connectivity index (χ3v) is 7.83. The molecule has 202 valence electrons. The average Bonchev–Trinajstić information content (AvgIpc) is 3.44. The Labute approximate surface area is 227 Å². The van der Waals surface area contributed by atoms with E-state index >= 15 is 0 Å². The molecule has 9 nitrogen and oxygen atoms in total. The predicted octanol–water partition coefficient (Wildman–Crippen LogP) is 6.05. The van der Waals surface area contributed by atoms with Crippen LogP contribution in [0.4, 0.5) is 24.0 Å². The maximum atomic E-state index is 14.0. The lowest BCUT2D eigenvalue weighted by Crippen LogP contribution is -2.35. The number of carbonyl (C=O) groups excluding carboxylic acids is 3. The monoisotopic (exact) mass is 590 g/mol. The number of rotatable bonds is 5. The van der Waals surface area contributed by atoms with E-state index < -0.39 is 42.5 Å². The molecule has 0 saturated carbocycles. The van der Waals surface area contributed by atoms with Gasteiger partial charge >= 0.3 is 18.1 Å². The van der Waals surface area contributed by atoms with Gasteiger partial charge in [0.2, 0.25) is 0 Å². The summed E-state index contributed by atoms with van der Waals surface area (Å²) in [5.74, 6) is -2.51. The van der Waals surface area contributed by atoms with Gasteiger partial charge in [-0.3, -0.25) is 4.79 Å². The Bertz CT molecular complexity index is 1440. The first-order valence-corrected chi connectivity index (χ1v) is 12.4. The molecule has 0 bridgehead atoms. The van der Waals surface area contributed by atoms with Crippen LogP contribution in [0.25, 0.3) is 0 Å². The molecule has 0 aliphatic carbocycles. The second-order valence-corrected chi connectivity index (χ2v) is 10.1. The van der Waals surface area contributed by atoms with Gasteiger partial charge in [0.15, 0.2) is 11.7 Å². The Balaban J connectivity index is 1.69. The molecule has 0 radical (unpaired) electrons. The Morgan fingerprint density at radius 2 is 1.82 bits per heavy atom. The van der Waals surface area contributed by atoms with Gasteiger partial charge in [-0.2, -0.15) is 18.3 Å². The zero-order valence-corrected chi connectivity index (χ0v) is 22.2. The largest absolute Gasteiger partial charge is 0.465 e. The van der Waals surface area contributed by atoms with E-state index in [9.17, 15) is 27.6 Å². The predicted molar refractivity (Wildman–Crippen MR) is 134 cm³/mol. The van der Waals surface area contributed by atoms with Gasteiger partial charge in [0.05, 0.1) is 35.9 Å². The number of hydrogen-bond acceptors (Lipinski definition) is 8. The molecule has 1 amide bonds. The van der Waals surface area contributed by atoms with Crippen molar-refractivity contribution < 1.29 is 37.0 Å². The first-order valence-electron chi connectivity index (χ1n) is 10.8. The molecule has 1 aliphatic heterocycles.